The molecule has 0 aromatic rings. The van der Waals surface area contributed by atoms with Gasteiger partial charge in [-0.3, -0.25) is 0 Å². The summed E-state index contributed by atoms with van der Waals surface area (Å²) in [6.07, 6.45) is -1.01. The van der Waals surface area contributed by atoms with Gasteiger partial charge in [0, 0.05) is 18.6 Å². The summed E-state index contributed by atoms with van der Waals surface area (Å²) in [5.74, 6) is -0.800. The van der Waals surface area contributed by atoms with Crippen LogP contribution < -0.4 is 0 Å². The summed E-state index contributed by atoms with van der Waals surface area (Å²) in [6.45, 7) is 3.71. The third-order valence-electron chi connectivity index (χ3n) is 3.47. The minimum atomic E-state index is -0.992. The lowest BCUT2D eigenvalue weighted by molar-refractivity contribution is -0.229. The van der Waals surface area contributed by atoms with Crippen LogP contribution in [0.5, 0.6) is 0 Å². The lowest BCUT2D eigenvalue weighted by atomic mass is 9.89. The van der Waals surface area contributed by atoms with Crippen molar-refractivity contribution >= 4 is 6.29 Å². The fourth-order valence-corrected chi connectivity index (χ4v) is 2.62. The van der Waals surface area contributed by atoms with Crippen LogP contribution in [0.4, 0.5) is 0 Å². The van der Waals surface area contributed by atoms with Gasteiger partial charge < -0.3 is 23.7 Å². The Hall–Kier alpha value is -1.18. The van der Waals surface area contributed by atoms with Crippen molar-refractivity contribution in [2.24, 2.45) is 5.11 Å². The number of hydrogen-bond donors (Lipinski definition) is 0. The molecule has 2 rings (SSSR count). The number of rotatable bonds is 5. The van der Waals surface area contributed by atoms with Crippen LogP contribution in [-0.2, 0) is 23.7 Å². The van der Waals surface area contributed by atoms with E-state index in [9.17, 15) is 4.79 Å². The molecule has 2 heterocycles. The third-order valence-corrected chi connectivity index (χ3v) is 3.47. The van der Waals surface area contributed by atoms with Crippen LogP contribution in [0.25, 0.3) is 10.4 Å². The first-order valence-corrected chi connectivity index (χ1v) is 6.01. The molecule has 2 aliphatic rings. The Morgan fingerprint density at radius 1 is 1.47 bits per heavy atom. The number of carbonyl (C=O) groups excluding carboxylic acids is 1. The van der Waals surface area contributed by atoms with E-state index in [1.54, 1.807) is 13.8 Å². The van der Waals surface area contributed by atoms with Gasteiger partial charge in [-0.25, -0.2) is 0 Å². The molecule has 8 heteroatoms. The maximum Gasteiger partial charge on any atom is 0.191 e. The standard InChI is InChI=1S/C11H17N3O5/c1-10(2)18-8-9(19-10)17-7(6-15)11(8,16-3)4-5-13-14-12/h6-9H,4-5H2,1-3H3/t7-,8+,9-,11-/m1/s1. The molecule has 0 saturated carbocycles. The highest BCUT2D eigenvalue weighted by Gasteiger charge is 2.63. The molecule has 0 N–H and O–H groups in total. The summed E-state index contributed by atoms with van der Waals surface area (Å²) in [7, 11) is 1.48. The number of hydrogen-bond acceptors (Lipinski definition) is 6. The quantitative estimate of drug-likeness (QED) is 0.323. The molecule has 0 aromatic carbocycles. The van der Waals surface area contributed by atoms with Crippen LogP contribution in [0.2, 0.25) is 0 Å². The largest absolute Gasteiger partial charge is 0.372 e. The van der Waals surface area contributed by atoms with E-state index in [2.05, 4.69) is 10.0 Å². The summed E-state index contributed by atoms with van der Waals surface area (Å²) in [4.78, 5) is 13.9. The second-order valence-corrected chi connectivity index (χ2v) is 4.98. The number of carbonyl (C=O) groups is 1. The molecule has 0 aliphatic carbocycles. The smallest absolute Gasteiger partial charge is 0.191 e. The van der Waals surface area contributed by atoms with E-state index >= 15 is 0 Å². The molecule has 4 atom stereocenters. The van der Waals surface area contributed by atoms with Gasteiger partial charge in [-0.05, 0) is 25.8 Å². The van der Waals surface area contributed by atoms with Crippen LogP contribution in [0, 0.1) is 0 Å². The minimum absolute atomic E-state index is 0.186. The maximum absolute atomic E-state index is 11.2. The average molecular weight is 271 g/mol. The normalized spacial score (nSPS) is 39.6. The van der Waals surface area contributed by atoms with E-state index in [0.29, 0.717) is 12.7 Å². The van der Waals surface area contributed by atoms with Gasteiger partial charge in [0.2, 0.25) is 0 Å². The zero-order chi connectivity index (χ0) is 14.1. The van der Waals surface area contributed by atoms with Gasteiger partial charge in [-0.1, -0.05) is 5.11 Å². The molecule has 0 spiro atoms. The van der Waals surface area contributed by atoms with Crippen molar-refractivity contribution in [3.05, 3.63) is 10.4 Å². The number of fused-ring (bicyclic) bond motifs is 1. The van der Waals surface area contributed by atoms with Crippen LogP contribution in [-0.4, -0.2) is 49.8 Å². The van der Waals surface area contributed by atoms with E-state index in [1.165, 1.54) is 7.11 Å². The van der Waals surface area contributed by atoms with Gasteiger partial charge in [-0.15, -0.1) is 0 Å². The fourth-order valence-electron chi connectivity index (χ4n) is 2.62. The van der Waals surface area contributed by atoms with Gasteiger partial charge >= 0.3 is 0 Å². The van der Waals surface area contributed by atoms with Crippen molar-refractivity contribution in [2.45, 2.75) is 50.2 Å². The molecular formula is C11H17N3O5. The fraction of sp³-hybridized carbons (Fsp3) is 0.909. The van der Waals surface area contributed by atoms with Crippen LogP contribution in [0.1, 0.15) is 20.3 Å². The van der Waals surface area contributed by atoms with Gasteiger partial charge in [-0.2, -0.15) is 0 Å². The van der Waals surface area contributed by atoms with Crippen LogP contribution in [0.3, 0.4) is 0 Å². The molecule has 0 radical (unpaired) electrons. The van der Waals surface area contributed by atoms with E-state index in [0.717, 1.165) is 0 Å². The molecule has 2 fully saturated rings. The lowest BCUT2D eigenvalue weighted by Gasteiger charge is -2.34. The Bertz CT molecular complexity index is 409. The molecule has 0 aromatic heterocycles. The Morgan fingerprint density at radius 3 is 2.79 bits per heavy atom. The first-order valence-electron chi connectivity index (χ1n) is 6.01. The lowest BCUT2D eigenvalue weighted by Crippen LogP contribution is -2.51. The molecule has 106 valence electrons. The second kappa shape index (κ2) is 5.07. The Morgan fingerprint density at radius 2 is 2.21 bits per heavy atom. The molecule has 0 unspecified atom stereocenters. The van der Waals surface area contributed by atoms with E-state index in [4.69, 9.17) is 24.5 Å². The summed E-state index contributed by atoms with van der Waals surface area (Å²) in [5, 5.41) is 3.48. The van der Waals surface area contributed by atoms with Crippen molar-refractivity contribution in [2.75, 3.05) is 13.7 Å². The molecule has 2 saturated heterocycles. The average Bonchev–Trinajstić information content (AvgIpc) is 2.81. The van der Waals surface area contributed by atoms with Crippen molar-refractivity contribution in [1.29, 1.82) is 0 Å². The first kappa shape index (κ1) is 14.2. The number of methoxy groups -OCH3 is 1. The Kier molecular flexibility index (Phi) is 3.80. The summed E-state index contributed by atoms with van der Waals surface area (Å²) >= 11 is 0. The summed E-state index contributed by atoms with van der Waals surface area (Å²) in [5.41, 5.74) is 7.36. The van der Waals surface area contributed by atoms with Crippen LogP contribution >= 0.6 is 0 Å². The van der Waals surface area contributed by atoms with E-state index in [1.807, 2.05) is 0 Å². The molecule has 19 heavy (non-hydrogen) atoms. The zero-order valence-electron chi connectivity index (χ0n) is 11.1. The second-order valence-electron chi connectivity index (χ2n) is 4.98. The Labute approximate surface area is 110 Å². The highest BCUT2D eigenvalue weighted by Crippen LogP contribution is 2.45. The molecule has 2 aliphatic heterocycles. The highest BCUT2D eigenvalue weighted by atomic mass is 16.8. The monoisotopic (exact) mass is 271 g/mol. The molecule has 0 bridgehead atoms. The molecule has 0 amide bonds. The molecular weight excluding hydrogens is 254 g/mol. The Balaban J connectivity index is 2.25. The van der Waals surface area contributed by atoms with E-state index < -0.39 is 29.9 Å². The third kappa shape index (κ3) is 2.33. The molecule has 8 nitrogen and oxygen atoms in total. The number of azide groups is 1. The van der Waals surface area contributed by atoms with Crippen molar-refractivity contribution < 1.29 is 23.7 Å². The topological polar surface area (TPSA) is 103 Å². The predicted molar refractivity (Wildman–Crippen MR) is 63.1 cm³/mol. The summed E-state index contributed by atoms with van der Waals surface area (Å²) < 4.78 is 22.4. The minimum Gasteiger partial charge on any atom is -0.372 e. The first-order chi connectivity index (χ1) is 8.99. The zero-order valence-corrected chi connectivity index (χ0v) is 11.1. The SMILES string of the molecule is CO[C@]1(CCN=[N+]=[N-])[C@@H](C=O)O[C@@H]2OC(C)(C)O[C@@H]21. The predicted octanol–water partition coefficient (Wildman–Crippen LogP) is 1.15. The van der Waals surface area contributed by atoms with Crippen molar-refractivity contribution in [3.8, 4) is 0 Å². The van der Waals surface area contributed by atoms with Gasteiger partial charge in [0.05, 0.1) is 0 Å². The van der Waals surface area contributed by atoms with Crippen molar-refractivity contribution in [3.63, 3.8) is 0 Å². The van der Waals surface area contributed by atoms with Gasteiger partial charge in [0.25, 0.3) is 0 Å². The van der Waals surface area contributed by atoms with E-state index in [-0.39, 0.29) is 6.54 Å². The van der Waals surface area contributed by atoms with Gasteiger partial charge in [0.15, 0.2) is 18.4 Å². The number of nitrogens with zero attached hydrogens (tertiary/aromatic N) is 3. The van der Waals surface area contributed by atoms with Crippen LogP contribution in [0.15, 0.2) is 5.11 Å². The van der Waals surface area contributed by atoms with Crippen molar-refractivity contribution in [1.82, 2.24) is 0 Å². The number of ether oxygens (including phenoxy) is 4. The summed E-state index contributed by atoms with van der Waals surface area (Å²) in [6, 6.07) is 0. The maximum atomic E-state index is 11.2. The highest BCUT2D eigenvalue weighted by molar-refractivity contribution is 5.60. The number of aldehydes is 1. The van der Waals surface area contributed by atoms with Gasteiger partial charge in [0.1, 0.15) is 17.8 Å².